The smallest absolute Gasteiger partial charge is 0.222 e. The van der Waals surface area contributed by atoms with Crippen LogP contribution in [-0.2, 0) is 16.0 Å². The van der Waals surface area contributed by atoms with Crippen molar-refractivity contribution < 1.29 is 14.3 Å². The highest BCUT2D eigenvalue weighted by molar-refractivity contribution is 5.77. The van der Waals surface area contributed by atoms with Gasteiger partial charge in [0.1, 0.15) is 5.75 Å². The third-order valence-corrected chi connectivity index (χ3v) is 5.63. The van der Waals surface area contributed by atoms with Gasteiger partial charge < -0.3 is 14.5 Å². The molecule has 142 valence electrons. The molecule has 2 aliphatic rings. The first-order chi connectivity index (χ1) is 12.7. The Morgan fingerprint density at radius 1 is 1.19 bits per heavy atom. The molecule has 1 aromatic carbocycles. The summed E-state index contributed by atoms with van der Waals surface area (Å²) in [6.45, 7) is 3.44. The molecule has 3 rings (SSSR count). The number of likely N-dealkylation sites (tertiary alicyclic amines) is 2. The molecule has 0 unspecified atom stereocenters. The molecule has 0 aliphatic carbocycles. The predicted octanol–water partition coefficient (Wildman–Crippen LogP) is 2.88. The molecule has 0 bridgehead atoms. The van der Waals surface area contributed by atoms with Gasteiger partial charge in [-0.05, 0) is 55.7 Å². The van der Waals surface area contributed by atoms with Crippen LogP contribution in [0.2, 0.25) is 0 Å². The number of nitrogens with zero attached hydrogens (tertiary/aromatic N) is 2. The van der Waals surface area contributed by atoms with Gasteiger partial charge in [0, 0.05) is 39.0 Å². The highest BCUT2D eigenvalue weighted by Gasteiger charge is 2.26. The van der Waals surface area contributed by atoms with Gasteiger partial charge in [0.05, 0.1) is 7.11 Å². The highest BCUT2D eigenvalue weighted by atomic mass is 16.5. The first-order valence-corrected chi connectivity index (χ1v) is 9.84. The topological polar surface area (TPSA) is 49.9 Å². The van der Waals surface area contributed by atoms with Crippen molar-refractivity contribution in [2.75, 3.05) is 33.3 Å². The van der Waals surface area contributed by atoms with Crippen LogP contribution in [0.3, 0.4) is 0 Å². The van der Waals surface area contributed by atoms with E-state index in [2.05, 4.69) is 0 Å². The number of piperidine rings is 2. The zero-order valence-electron chi connectivity index (χ0n) is 15.8. The number of amides is 2. The Kier molecular flexibility index (Phi) is 6.53. The van der Waals surface area contributed by atoms with Crippen LogP contribution >= 0.6 is 0 Å². The van der Waals surface area contributed by atoms with Crippen molar-refractivity contribution in [3.63, 3.8) is 0 Å². The number of rotatable bonds is 6. The minimum absolute atomic E-state index is 0.236. The Morgan fingerprint density at radius 3 is 2.73 bits per heavy atom. The molecule has 0 N–H and O–H groups in total. The molecule has 0 atom stereocenters. The summed E-state index contributed by atoms with van der Waals surface area (Å²) in [5, 5.41) is 0. The van der Waals surface area contributed by atoms with E-state index in [1.807, 2.05) is 34.1 Å². The SMILES string of the molecule is COc1cccc(CCC(=O)N2CCC(CN3CCCCC3=O)CC2)c1. The second-order valence-electron chi connectivity index (χ2n) is 7.47. The zero-order valence-corrected chi connectivity index (χ0v) is 15.8. The first kappa shape index (κ1) is 18.7. The number of hydrogen-bond donors (Lipinski definition) is 0. The van der Waals surface area contributed by atoms with E-state index in [0.717, 1.165) is 69.6 Å². The zero-order chi connectivity index (χ0) is 18.4. The van der Waals surface area contributed by atoms with Crippen molar-refractivity contribution >= 4 is 11.8 Å². The first-order valence-electron chi connectivity index (χ1n) is 9.84. The van der Waals surface area contributed by atoms with Gasteiger partial charge in [-0.25, -0.2) is 0 Å². The predicted molar refractivity (Wildman–Crippen MR) is 101 cm³/mol. The van der Waals surface area contributed by atoms with Gasteiger partial charge in [0.15, 0.2) is 0 Å². The Hall–Kier alpha value is -2.04. The minimum atomic E-state index is 0.236. The number of aryl methyl sites for hydroxylation is 1. The van der Waals surface area contributed by atoms with Crippen molar-refractivity contribution in [2.45, 2.75) is 44.9 Å². The van der Waals surface area contributed by atoms with Crippen LogP contribution in [0.4, 0.5) is 0 Å². The molecular weight excluding hydrogens is 328 g/mol. The maximum atomic E-state index is 12.5. The summed E-state index contributed by atoms with van der Waals surface area (Å²) in [6, 6.07) is 7.92. The number of methoxy groups -OCH3 is 1. The average Bonchev–Trinajstić information content (AvgIpc) is 2.68. The third kappa shape index (κ3) is 4.99. The van der Waals surface area contributed by atoms with E-state index in [9.17, 15) is 9.59 Å². The van der Waals surface area contributed by atoms with Gasteiger partial charge in [-0.2, -0.15) is 0 Å². The molecule has 2 saturated heterocycles. The fourth-order valence-electron chi connectivity index (χ4n) is 3.97. The lowest BCUT2D eigenvalue weighted by atomic mass is 9.94. The summed E-state index contributed by atoms with van der Waals surface area (Å²) in [4.78, 5) is 28.5. The molecule has 0 aromatic heterocycles. The number of carbonyl (C=O) groups is 2. The Labute approximate surface area is 156 Å². The molecule has 5 heteroatoms. The van der Waals surface area contributed by atoms with E-state index in [4.69, 9.17) is 4.74 Å². The summed E-state index contributed by atoms with van der Waals surface area (Å²) in [5.74, 6) is 1.93. The minimum Gasteiger partial charge on any atom is -0.497 e. The molecule has 5 nitrogen and oxygen atoms in total. The lowest BCUT2D eigenvalue weighted by Gasteiger charge is -2.36. The van der Waals surface area contributed by atoms with Crippen molar-refractivity contribution in [3.8, 4) is 5.75 Å². The monoisotopic (exact) mass is 358 g/mol. The molecule has 2 aliphatic heterocycles. The normalized spacial score (nSPS) is 18.9. The van der Waals surface area contributed by atoms with Crippen molar-refractivity contribution in [2.24, 2.45) is 5.92 Å². The van der Waals surface area contributed by atoms with Crippen LogP contribution in [-0.4, -0.2) is 54.9 Å². The van der Waals surface area contributed by atoms with Crippen LogP contribution in [0, 0.1) is 5.92 Å². The number of carbonyl (C=O) groups excluding carboxylic acids is 2. The van der Waals surface area contributed by atoms with Crippen molar-refractivity contribution in [1.29, 1.82) is 0 Å². The summed E-state index contributed by atoms with van der Waals surface area (Å²) in [5.41, 5.74) is 1.14. The molecule has 0 saturated carbocycles. The Morgan fingerprint density at radius 2 is 2.00 bits per heavy atom. The molecule has 0 radical (unpaired) electrons. The van der Waals surface area contributed by atoms with Crippen molar-refractivity contribution in [3.05, 3.63) is 29.8 Å². The van der Waals surface area contributed by atoms with Crippen LogP contribution in [0.25, 0.3) is 0 Å². The molecule has 2 fully saturated rings. The average molecular weight is 358 g/mol. The lowest BCUT2D eigenvalue weighted by molar-refractivity contribution is -0.136. The maximum Gasteiger partial charge on any atom is 0.222 e. The van der Waals surface area contributed by atoms with Crippen LogP contribution in [0.15, 0.2) is 24.3 Å². The summed E-state index contributed by atoms with van der Waals surface area (Å²) >= 11 is 0. The molecule has 0 spiro atoms. The maximum absolute atomic E-state index is 12.5. The largest absolute Gasteiger partial charge is 0.497 e. The van der Waals surface area contributed by atoms with Crippen molar-refractivity contribution in [1.82, 2.24) is 9.80 Å². The van der Waals surface area contributed by atoms with Crippen LogP contribution in [0.5, 0.6) is 5.75 Å². The summed E-state index contributed by atoms with van der Waals surface area (Å²) in [7, 11) is 1.66. The molecule has 2 amide bonds. The fraction of sp³-hybridized carbons (Fsp3) is 0.619. The highest BCUT2D eigenvalue weighted by Crippen LogP contribution is 2.22. The van der Waals surface area contributed by atoms with Crippen LogP contribution in [0.1, 0.15) is 44.1 Å². The second-order valence-corrected chi connectivity index (χ2v) is 7.47. The Bertz CT molecular complexity index is 623. The molecule has 2 heterocycles. The van der Waals surface area contributed by atoms with E-state index in [0.29, 0.717) is 24.7 Å². The standard InChI is InChI=1S/C21H30N2O3/c1-26-19-6-4-5-17(15-19)8-9-21(25)22-13-10-18(11-14-22)16-23-12-3-2-7-20(23)24/h4-6,15,18H,2-3,7-14,16H2,1H3. The summed E-state index contributed by atoms with van der Waals surface area (Å²) < 4.78 is 5.24. The van der Waals surface area contributed by atoms with E-state index in [1.165, 1.54) is 0 Å². The number of hydrogen-bond acceptors (Lipinski definition) is 3. The van der Waals surface area contributed by atoms with Gasteiger partial charge in [0.25, 0.3) is 0 Å². The second kappa shape index (κ2) is 9.06. The third-order valence-electron chi connectivity index (χ3n) is 5.63. The molecule has 1 aromatic rings. The Balaban J connectivity index is 1.41. The van der Waals surface area contributed by atoms with E-state index >= 15 is 0 Å². The van der Waals surface area contributed by atoms with E-state index in [1.54, 1.807) is 7.11 Å². The number of benzene rings is 1. The van der Waals surface area contributed by atoms with Gasteiger partial charge in [0.2, 0.25) is 11.8 Å². The van der Waals surface area contributed by atoms with Gasteiger partial charge >= 0.3 is 0 Å². The quantitative estimate of drug-likeness (QED) is 0.786. The van der Waals surface area contributed by atoms with Gasteiger partial charge in [-0.15, -0.1) is 0 Å². The summed E-state index contributed by atoms with van der Waals surface area (Å²) in [6.07, 6.45) is 6.19. The lowest BCUT2D eigenvalue weighted by Crippen LogP contribution is -2.44. The number of ether oxygens (including phenoxy) is 1. The fourth-order valence-corrected chi connectivity index (χ4v) is 3.97. The van der Waals surface area contributed by atoms with E-state index < -0.39 is 0 Å². The van der Waals surface area contributed by atoms with Gasteiger partial charge in [-0.3, -0.25) is 9.59 Å². The van der Waals surface area contributed by atoms with Crippen LogP contribution < -0.4 is 4.74 Å². The molecule has 26 heavy (non-hydrogen) atoms. The molecular formula is C21H30N2O3. The van der Waals surface area contributed by atoms with E-state index in [-0.39, 0.29) is 5.91 Å². The van der Waals surface area contributed by atoms with Gasteiger partial charge in [-0.1, -0.05) is 12.1 Å².